The van der Waals surface area contributed by atoms with E-state index in [2.05, 4.69) is 12.2 Å². The maximum absolute atomic E-state index is 11.6. The minimum absolute atomic E-state index is 0.0200. The highest BCUT2D eigenvalue weighted by Crippen LogP contribution is 2.01. The topological polar surface area (TPSA) is 29.1 Å². The summed E-state index contributed by atoms with van der Waals surface area (Å²) >= 11 is 0. The molecule has 1 aromatic carbocycles. The summed E-state index contributed by atoms with van der Waals surface area (Å²) in [4.78, 5) is 11.6. The fourth-order valence-corrected chi connectivity index (χ4v) is 1.40. The van der Waals surface area contributed by atoms with Crippen LogP contribution in [0.1, 0.15) is 37.0 Å². The molecule has 0 bridgehead atoms. The van der Waals surface area contributed by atoms with E-state index in [1.54, 1.807) is 0 Å². The molecule has 2 heteroatoms. The molecule has 1 rings (SSSR count). The maximum Gasteiger partial charge on any atom is 0.251 e. The van der Waals surface area contributed by atoms with Crippen LogP contribution >= 0.6 is 0 Å². The molecule has 2 nitrogen and oxygen atoms in total. The number of hydrogen-bond donors (Lipinski definition) is 1. The van der Waals surface area contributed by atoms with Crippen LogP contribution in [0.5, 0.6) is 0 Å². The number of carbonyl (C=O) groups is 1. The van der Waals surface area contributed by atoms with Gasteiger partial charge >= 0.3 is 0 Å². The van der Waals surface area contributed by atoms with Crippen molar-refractivity contribution in [3.05, 3.63) is 35.9 Å². The van der Waals surface area contributed by atoms with E-state index in [0.717, 1.165) is 18.4 Å². The quantitative estimate of drug-likeness (QED) is 0.778. The van der Waals surface area contributed by atoms with Gasteiger partial charge in [0.1, 0.15) is 0 Å². The highest BCUT2D eigenvalue weighted by molar-refractivity contribution is 5.94. The molecule has 0 aromatic heterocycles. The molecule has 0 fully saturated rings. The highest BCUT2D eigenvalue weighted by Gasteiger charge is 2.07. The monoisotopic (exact) mass is 191 g/mol. The maximum atomic E-state index is 11.6. The number of amides is 1. The van der Waals surface area contributed by atoms with Crippen LogP contribution in [0.2, 0.25) is 0 Å². The summed E-state index contributed by atoms with van der Waals surface area (Å²) in [5, 5.41) is 2.96. The van der Waals surface area contributed by atoms with Crippen molar-refractivity contribution in [1.29, 1.82) is 0 Å². The second-order valence-electron chi connectivity index (χ2n) is 3.53. The van der Waals surface area contributed by atoms with Crippen molar-refractivity contribution in [2.75, 3.05) is 0 Å². The number of rotatable bonds is 4. The molecule has 0 heterocycles. The van der Waals surface area contributed by atoms with Gasteiger partial charge in [-0.05, 0) is 25.5 Å². The third-order valence-electron chi connectivity index (χ3n) is 2.14. The van der Waals surface area contributed by atoms with Crippen LogP contribution in [0.4, 0.5) is 0 Å². The summed E-state index contributed by atoms with van der Waals surface area (Å²) in [6.45, 7) is 4.15. The first-order chi connectivity index (χ1) is 6.74. The first-order valence-corrected chi connectivity index (χ1v) is 5.10. The Balaban J connectivity index is 2.51. The van der Waals surface area contributed by atoms with Crippen molar-refractivity contribution in [3.8, 4) is 0 Å². The van der Waals surface area contributed by atoms with E-state index in [-0.39, 0.29) is 11.9 Å². The van der Waals surface area contributed by atoms with Crippen LogP contribution < -0.4 is 5.32 Å². The Morgan fingerprint density at radius 3 is 2.57 bits per heavy atom. The highest BCUT2D eigenvalue weighted by atomic mass is 16.1. The third-order valence-corrected chi connectivity index (χ3v) is 2.14. The van der Waals surface area contributed by atoms with Crippen LogP contribution in [0, 0.1) is 0 Å². The van der Waals surface area contributed by atoms with Crippen LogP contribution in [0.15, 0.2) is 30.3 Å². The van der Waals surface area contributed by atoms with E-state index in [1.807, 2.05) is 37.3 Å². The zero-order chi connectivity index (χ0) is 10.4. The Morgan fingerprint density at radius 2 is 2.00 bits per heavy atom. The molecule has 1 aromatic rings. The average Bonchev–Trinajstić information content (AvgIpc) is 2.19. The van der Waals surface area contributed by atoms with Crippen molar-refractivity contribution < 1.29 is 4.79 Å². The van der Waals surface area contributed by atoms with Crippen LogP contribution in [0.3, 0.4) is 0 Å². The van der Waals surface area contributed by atoms with Crippen molar-refractivity contribution in [2.45, 2.75) is 32.7 Å². The second-order valence-corrected chi connectivity index (χ2v) is 3.53. The summed E-state index contributed by atoms with van der Waals surface area (Å²) in [5.41, 5.74) is 0.732. The largest absolute Gasteiger partial charge is 0.350 e. The Morgan fingerprint density at radius 1 is 1.36 bits per heavy atom. The molecular weight excluding hydrogens is 174 g/mol. The standard InChI is InChI=1S/C12H17NO/c1-3-7-10(2)13-12(14)11-8-5-4-6-9-11/h4-6,8-10H,3,7H2,1-2H3,(H,13,14)/t10-/m1/s1. The summed E-state index contributed by atoms with van der Waals surface area (Å²) in [5.74, 6) is 0.0200. The molecule has 0 aliphatic rings. The minimum atomic E-state index is 0.0200. The van der Waals surface area contributed by atoms with Crippen LogP contribution in [-0.4, -0.2) is 11.9 Å². The van der Waals surface area contributed by atoms with E-state index in [1.165, 1.54) is 0 Å². The van der Waals surface area contributed by atoms with Gasteiger partial charge < -0.3 is 5.32 Å². The van der Waals surface area contributed by atoms with Gasteiger partial charge in [0.05, 0.1) is 0 Å². The van der Waals surface area contributed by atoms with Crippen LogP contribution in [0.25, 0.3) is 0 Å². The van der Waals surface area contributed by atoms with E-state index < -0.39 is 0 Å². The number of carbonyl (C=O) groups excluding carboxylic acids is 1. The number of hydrogen-bond acceptors (Lipinski definition) is 1. The lowest BCUT2D eigenvalue weighted by molar-refractivity contribution is 0.0938. The first kappa shape index (κ1) is 10.8. The average molecular weight is 191 g/mol. The fourth-order valence-electron chi connectivity index (χ4n) is 1.40. The molecule has 1 N–H and O–H groups in total. The lowest BCUT2D eigenvalue weighted by atomic mass is 10.1. The Labute approximate surface area is 85.3 Å². The number of benzene rings is 1. The van der Waals surface area contributed by atoms with Gasteiger partial charge in [0, 0.05) is 11.6 Å². The third kappa shape index (κ3) is 3.21. The van der Waals surface area contributed by atoms with E-state index in [9.17, 15) is 4.79 Å². The van der Waals surface area contributed by atoms with Gasteiger partial charge in [0.25, 0.3) is 5.91 Å². The normalized spacial score (nSPS) is 12.1. The predicted octanol–water partition coefficient (Wildman–Crippen LogP) is 2.61. The summed E-state index contributed by atoms with van der Waals surface area (Å²) in [7, 11) is 0. The summed E-state index contributed by atoms with van der Waals surface area (Å²) < 4.78 is 0. The molecular formula is C12H17NO. The molecule has 1 amide bonds. The smallest absolute Gasteiger partial charge is 0.251 e. The Bertz CT molecular complexity index is 282. The molecule has 14 heavy (non-hydrogen) atoms. The molecule has 0 unspecified atom stereocenters. The molecule has 0 spiro atoms. The molecule has 0 aliphatic heterocycles. The fraction of sp³-hybridized carbons (Fsp3) is 0.417. The molecule has 0 aliphatic carbocycles. The van der Waals surface area contributed by atoms with Crippen molar-refractivity contribution >= 4 is 5.91 Å². The Kier molecular flexibility index (Phi) is 4.17. The zero-order valence-electron chi connectivity index (χ0n) is 8.79. The molecule has 0 saturated carbocycles. The molecule has 0 radical (unpaired) electrons. The Hall–Kier alpha value is -1.31. The first-order valence-electron chi connectivity index (χ1n) is 5.10. The van der Waals surface area contributed by atoms with Gasteiger partial charge in [-0.1, -0.05) is 31.5 Å². The lowest BCUT2D eigenvalue weighted by Gasteiger charge is -2.12. The SMILES string of the molecule is CCC[C@@H](C)NC(=O)c1ccccc1. The van der Waals surface area contributed by atoms with Gasteiger partial charge in [0.2, 0.25) is 0 Å². The van der Waals surface area contributed by atoms with E-state index in [0.29, 0.717) is 0 Å². The van der Waals surface area contributed by atoms with Gasteiger partial charge in [-0.25, -0.2) is 0 Å². The molecule has 0 saturated heterocycles. The van der Waals surface area contributed by atoms with Crippen LogP contribution in [-0.2, 0) is 0 Å². The lowest BCUT2D eigenvalue weighted by Crippen LogP contribution is -2.32. The minimum Gasteiger partial charge on any atom is -0.350 e. The van der Waals surface area contributed by atoms with E-state index in [4.69, 9.17) is 0 Å². The van der Waals surface area contributed by atoms with Crippen molar-refractivity contribution in [2.24, 2.45) is 0 Å². The predicted molar refractivity (Wildman–Crippen MR) is 58.3 cm³/mol. The van der Waals surface area contributed by atoms with Gasteiger partial charge in [0.15, 0.2) is 0 Å². The van der Waals surface area contributed by atoms with Crippen molar-refractivity contribution in [3.63, 3.8) is 0 Å². The summed E-state index contributed by atoms with van der Waals surface area (Å²) in [6, 6.07) is 9.57. The zero-order valence-corrected chi connectivity index (χ0v) is 8.79. The van der Waals surface area contributed by atoms with Gasteiger partial charge in [-0.3, -0.25) is 4.79 Å². The molecule has 76 valence electrons. The van der Waals surface area contributed by atoms with Crippen molar-refractivity contribution in [1.82, 2.24) is 5.32 Å². The summed E-state index contributed by atoms with van der Waals surface area (Å²) in [6.07, 6.45) is 2.12. The molecule has 1 atom stereocenters. The van der Waals surface area contributed by atoms with E-state index >= 15 is 0 Å². The van der Waals surface area contributed by atoms with Gasteiger partial charge in [-0.2, -0.15) is 0 Å². The number of nitrogens with one attached hydrogen (secondary N) is 1. The second kappa shape index (κ2) is 5.43. The van der Waals surface area contributed by atoms with Gasteiger partial charge in [-0.15, -0.1) is 0 Å².